The first-order valence-corrected chi connectivity index (χ1v) is 23.0. The van der Waals surface area contributed by atoms with E-state index in [0.717, 1.165) is 44.9 Å². The SMILES string of the molecule is CCCCC/C=C\C/C=C\C/C=C\C/C=C\CCC(CCCCCCCCCCCCCCCCCCCCCCCCCCCCC)C(=O)O. The van der Waals surface area contributed by atoms with E-state index in [-0.39, 0.29) is 5.92 Å². The molecule has 0 radical (unpaired) electrons. The van der Waals surface area contributed by atoms with E-state index in [4.69, 9.17) is 0 Å². The number of hydrogen-bond acceptors (Lipinski definition) is 1. The molecule has 2 nitrogen and oxygen atoms in total. The minimum Gasteiger partial charge on any atom is -0.481 e. The third-order valence-corrected chi connectivity index (χ3v) is 10.6. The van der Waals surface area contributed by atoms with Crippen molar-refractivity contribution in [1.82, 2.24) is 0 Å². The first-order valence-electron chi connectivity index (χ1n) is 23.0. The molecule has 0 rings (SSSR count). The lowest BCUT2D eigenvalue weighted by molar-refractivity contribution is -0.142. The Labute approximate surface area is 320 Å². The lowest BCUT2D eigenvalue weighted by Gasteiger charge is -2.10. The maximum absolute atomic E-state index is 11.7. The number of rotatable bonds is 42. The monoisotopic (exact) mass is 711 g/mol. The first-order chi connectivity index (χ1) is 25.2. The van der Waals surface area contributed by atoms with Crippen molar-refractivity contribution in [3.8, 4) is 0 Å². The molecule has 0 bridgehead atoms. The van der Waals surface area contributed by atoms with E-state index in [1.165, 1.54) is 193 Å². The summed E-state index contributed by atoms with van der Waals surface area (Å²) in [4.78, 5) is 11.7. The van der Waals surface area contributed by atoms with Gasteiger partial charge in [-0.2, -0.15) is 0 Å². The van der Waals surface area contributed by atoms with Gasteiger partial charge in [0.05, 0.1) is 5.92 Å². The second-order valence-corrected chi connectivity index (χ2v) is 15.7. The Bertz CT molecular complexity index is 790. The molecule has 0 heterocycles. The van der Waals surface area contributed by atoms with Crippen LogP contribution in [0.1, 0.15) is 251 Å². The smallest absolute Gasteiger partial charge is 0.306 e. The molecule has 51 heavy (non-hydrogen) atoms. The Hall–Kier alpha value is -1.57. The molecule has 1 N–H and O–H groups in total. The summed E-state index contributed by atoms with van der Waals surface area (Å²) in [6.07, 6.45) is 66.4. The van der Waals surface area contributed by atoms with Gasteiger partial charge in [0.25, 0.3) is 0 Å². The van der Waals surface area contributed by atoms with Crippen molar-refractivity contribution >= 4 is 5.97 Å². The number of carboxylic acids is 1. The van der Waals surface area contributed by atoms with E-state index in [1.807, 2.05) is 0 Å². The fourth-order valence-corrected chi connectivity index (χ4v) is 7.13. The van der Waals surface area contributed by atoms with Crippen LogP contribution in [0.2, 0.25) is 0 Å². The maximum atomic E-state index is 11.7. The summed E-state index contributed by atoms with van der Waals surface area (Å²) in [6, 6.07) is 0. The average Bonchev–Trinajstić information content (AvgIpc) is 3.13. The minimum absolute atomic E-state index is 0.185. The van der Waals surface area contributed by atoms with Gasteiger partial charge in [-0.05, 0) is 51.4 Å². The second-order valence-electron chi connectivity index (χ2n) is 15.7. The van der Waals surface area contributed by atoms with Crippen LogP contribution in [0.3, 0.4) is 0 Å². The van der Waals surface area contributed by atoms with E-state index in [2.05, 4.69) is 62.5 Å². The highest BCUT2D eigenvalue weighted by atomic mass is 16.4. The van der Waals surface area contributed by atoms with Gasteiger partial charge in [-0.15, -0.1) is 0 Å². The Morgan fingerprint density at radius 3 is 0.961 bits per heavy atom. The minimum atomic E-state index is -0.610. The van der Waals surface area contributed by atoms with Crippen molar-refractivity contribution in [2.75, 3.05) is 0 Å². The predicted molar refractivity (Wildman–Crippen MR) is 230 cm³/mol. The zero-order valence-corrected chi connectivity index (χ0v) is 34.7. The van der Waals surface area contributed by atoms with Gasteiger partial charge in [-0.1, -0.05) is 249 Å². The van der Waals surface area contributed by atoms with Crippen LogP contribution in [0.5, 0.6) is 0 Å². The molecule has 0 aliphatic heterocycles. The molecule has 0 saturated heterocycles. The normalized spacial score (nSPS) is 12.8. The van der Waals surface area contributed by atoms with E-state index in [1.54, 1.807) is 0 Å². The number of carbonyl (C=O) groups is 1. The highest BCUT2D eigenvalue weighted by Gasteiger charge is 2.15. The highest BCUT2D eigenvalue weighted by Crippen LogP contribution is 2.19. The number of aliphatic carboxylic acids is 1. The zero-order chi connectivity index (χ0) is 37.0. The van der Waals surface area contributed by atoms with Gasteiger partial charge < -0.3 is 5.11 Å². The van der Waals surface area contributed by atoms with Gasteiger partial charge >= 0.3 is 5.97 Å². The topological polar surface area (TPSA) is 37.3 Å². The van der Waals surface area contributed by atoms with E-state index in [0.29, 0.717) is 0 Å². The molecule has 1 atom stereocenters. The average molecular weight is 711 g/mol. The molecule has 0 spiro atoms. The Balaban J connectivity index is 3.44. The van der Waals surface area contributed by atoms with Crippen LogP contribution >= 0.6 is 0 Å². The van der Waals surface area contributed by atoms with Crippen molar-refractivity contribution in [3.05, 3.63) is 48.6 Å². The molecule has 0 aliphatic rings. The second kappa shape index (κ2) is 44.6. The van der Waals surface area contributed by atoms with Crippen molar-refractivity contribution in [3.63, 3.8) is 0 Å². The van der Waals surface area contributed by atoms with Crippen LogP contribution in [0, 0.1) is 5.92 Å². The molecule has 0 saturated carbocycles. The summed E-state index contributed by atoms with van der Waals surface area (Å²) in [5.41, 5.74) is 0. The lowest BCUT2D eigenvalue weighted by Crippen LogP contribution is -2.13. The molecule has 0 aliphatic carbocycles. The zero-order valence-electron chi connectivity index (χ0n) is 34.7. The van der Waals surface area contributed by atoms with Gasteiger partial charge in [0.2, 0.25) is 0 Å². The fourth-order valence-electron chi connectivity index (χ4n) is 7.13. The fraction of sp³-hybridized carbons (Fsp3) is 0.816. The van der Waals surface area contributed by atoms with Gasteiger partial charge in [0.1, 0.15) is 0 Å². The van der Waals surface area contributed by atoms with Crippen LogP contribution < -0.4 is 0 Å². The third kappa shape index (κ3) is 42.7. The van der Waals surface area contributed by atoms with Crippen LogP contribution in [0.25, 0.3) is 0 Å². The van der Waals surface area contributed by atoms with E-state index >= 15 is 0 Å². The Kier molecular flexibility index (Phi) is 43.2. The van der Waals surface area contributed by atoms with Crippen molar-refractivity contribution in [2.24, 2.45) is 5.92 Å². The Morgan fingerprint density at radius 1 is 0.353 bits per heavy atom. The number of hydrogen-bond donors (Lipinski definition) is 1. The predicted octanol–water partition coefficient (Wildman–Crippen LogP) is 17.4. The number of carboxylic acid groups (broad SMARTS) is 1. The largest absolute Gasteiger partial charge is 0.481 e. The molecule has 0 aromatic carbocycles. The molecular formula is C49H90O2. The summed E-state index contributed by atoms with van der Waals surface area (Å²) in [7, 11) is 0. The summed E-state index contributed by atoms with van der Waals surface area (Å²) >= 11 is 0. The summed E-state index contributed by atoms with van der Waals surface area (Å²) in [6.45, 7) is 4.55. The summed E-state index contributed by atoms with van der Waals surface area (Å²) < 4.78 is 0. The molecule has 0 aromatic heterocycles. The van der Waals surface area contributed by atoms with Crippen molar-refractivity contribution in [1.29, 1.82) is 0 Å². The van der Waals surface area contributed by atoms with Crippen molar-refractivity contribution in [2.45, 2.75) is 251 Å². The van der Waals surface area contributed by atoms with Crippen LogP contribution in [-0.4, -0.2) is 11.1 Å². The molecule has 0 amide bonds. The van der Waals surface area contributed by atoms with E-state index < -0.39 is 5.97 Å². The molecule has 1 unspecified atom stereocenters. The number of unbranched alkanes of at least 4 members (excludes halogenated alkanes) is 29. The molecular weight excluding hydrogens is 621 g/mol. The molecule has 0 aromatic rings. The van der Waals surface area contributed by atoms with Gasteiger partial charge in [-0.3, -0.25) is 4.79 Å². The molecule has 2 heteroatoms. The Morgan fingerprint density at radius 2 is 0.627 bits per heavy atom. The van der Waals surface area contributed by atoms with Crippen molar-refractivity contribution < 1.29 is 9.90 Å². The third-order valence-electron chi connectivity index (χ3n) is 10.6. The standard InChI is InChI=1S/C49H90O2/c1-3-5-7-9-11-13-15-17-19-21-22-23-24-25-26-27-28-29-30-31-33-35-37-39-41-43-45-47-48(49(50)51)46-44-42-40-38-36-34-32-20-18-16-14-12-10-8-6-4-2/h12,14,18,20,34,36,40,42,48H,3-11,13,15-17,19,21-33,35,37-39,41,43-47H2,1-2H3,(H,50,51)/b14-12-,20-18-,36-34-,42-40-. The molecule has 0 fully saturated rings. The first kappa shape index (κ1) is 49.4. The maximum Gasteiger partial charge on any atom is 0.306 e. The van der Waals surface area contributed by atoms with Crippen LogP contribution in [-0.2, 0) is 4.79 Å². The molecule has 298 valence electrons. The van der Waals surface area contributed by atoms with Crippen LogP contribution in [0.4, 0.5) is 0 Å². The van der Waals surface area contributed by atoms with Gasteiger partial charge in [-0.25, -0.2) is 0 Å². The van der Waals surface area contributed by atoms with E-state index in [9.17, 15) is 9.90 Å². The van der Waals surface area contributed by atoms with Gasteiger partial charge in [0, 0.05) is 0 Å². The van der Waals surface area contributed by atoms with Crippen LogP contribution in [0.15, 0.2) is 48.6 Å². The lowest BCUT2D eigenvalue weighted by atomic mass is 9.95. The van der Waals surface area contributed by atoms with Gasteiger partial charge in [0.15, 0.2) is 0 Å². The number of allylic oxidation sites excluding steroid dienone is 8. The summed E-state index contributed by atoms with van der Waals surface area (Å²) in [5.74, 6) is -0.795. The quantitative estimate of drug-likeness (QED) is 0.0506. The highest BCUT2D eigenvalue weighted by molar-refractivity contribution is 5.69. The summed E-state index contributed by atoms with van der Waals surface area (Å²) in [5, 5.41) is 9.65.